The Morgan fingerprint density at radius 3 is 2.79 bits per heavy atom. The standard InChI is InChI=1S/C18H16F2N6O2/c19-14-8-23-17(24-9-14)26-2-1-18(20,11-26)16(27)25-3-4-28-15-12(5-21)6-22-7-13(15)10-25/h6-9H,1-4,10-11H2. The molecule has 0 bridgehead atoms. The van der Waals surface area contributed by atoms with E-state index in [4.69, 9.17) is 4.74 Å². The van der Waals surface area contributed by atoms with Crippen LogP contribution >= 0.6 is 0 Å². The molecule has 0 spiro atoms. The van der Waals surface area contributed by atoms with Crippen molar-refractivity contribution >= 4 is 11.9 Å². The van der Waals surface area contributed by atoms with E-state index in [9.17, 15) is 14.4 Å². The van der Waals surface area contributed by atoms with E-state index in [1.807, 2.05) is 6.07 Å². The molecule has 4 rings (SSSR count). The van der Waals surface area contributed by atoms with Crippen LogP contribution in [0.3, 0.4) is 0 Å². The summed E-state index contributed by atoms with van der Waals surface area (Å²) in [7, 11) is 0. The summed E-state index contributed by atoms with van der Waals surface area (Å²) in [5, 5.41) is 9.18. The molecular formula is C18H16F2N6O2. The predicted octanol–water partition coefficient (Wildman–Crippen LogP) is 1.22. The second-order valence-corrected chi connectivity index (χ2v) is 6.70. The third-order valence-electron chi connectivity index (χ3n) is 4.84. The number of hydrogen-bond acceptors (Lipinski definition) is 7. The molecular weight excluding hydrogens is 370 g/mol. The summed E-state index contributed by atoms with van der Waals surface area (Å²) < 4.78 is 34.1. The molecule has 2 aliphatic heterocycles. The summed E-state index contributed by atoms with van der Waals surface area (Å²) in [4.78, 5) is 27.5. The molecule has 10 heteroatoms. The average Bonchev–Trinajstić information content (AvgIpc) is 2.98. The summed E-state index contributed by atoms with van der Waals surface area (Å²) in [6, 6.07) is 2.01. The number of amides is 1. The number of nitrogens with zero attached hydrogens (tertiary/aromatic N) is 6. The van der Waals surface area contributed by atoms with Gasteiger partial charge in [0.15, 0.2) is 5.82 Å². The van der Waals surface area contributed by atoms with Crippen LogP contribution in [0.2, 0.25) is 0 Å². The van der Waals surface area contributed by atoms with E-state index in [-0.39, 0.29) is 50.7 Å². The molecule has 0 radical (unpaired) electrons. The van der Waals surface area contributed by atoms with Crippen molar-refractivity contribution in [3.63, 3.8) is 0 Å². The fourth-order valence-corrected chi connectivity index (χ4v) is 3.44. The molecule has 28 heavy (non-hydrogen) atoms. The third-order valence-corrected chi connectivity index (χ3v) is 4.84. The van der Waals surface area contributed by atoms with Crippen molar-refractivity contribution < 1.29 is 18.3 Å². The first-order valence-electron chi connectivity index (χ1n) is 8.71. The third kappa shape index (κ3) is 3.19. The summed E-state index contributed by atoms with van der Waals surface area (Å²) in [5.74, 6) is -0.676. The number of fused-ring (bicyclic) bond motifs is 1. The van der Waals surface area contributed by atoms with Gasteiger partial charge in [-0.25, -0.2) is 18.7 Å². The van der Waals surface area contributed by atoms with Crippen molar-refractivity contribution in [3.8, 4) is 11.8 Å². The maximum atomic E-state index is 15.5. The number of alkyl halides is 1. The van der Waals surface area contributed by atoms with E-state index in [0.717, 1.165) is 12.4 Å². The quantitative estimate of drug-likeness (QED) is 0.766. The highest BCUT2D eigenvalue weighted by Gasteiger charge is 2.48. The van der Waals surface area contributed by atoms with Crippen molar-refractivity contribution in [2.24, 2.45) is 0 Å². The Hall–Kier alpha value is -3.35. The molecule has 1 amide bonds. The van der Waals surface area contributed by atoms with Crippen LogP contribution in [0.25, 0.3) is 0 Å². The first kappa shape index (κ1) is 18.0. The smallest absolute Gasteiger partial charge is 0.262 e. The van der Waals surface area contributed by atoms with Gasteiger partial charge in [0.25, 0.3) is 5.91 Å². The number of aromatic nitrogens is 3. The van der Waals surface area contributed by atoms with Crippen LogP contribution in [0.5, 0.6) is 5.75 Å². The highest BCUT2D eigenvalue weighted by molar-refractivity contribution is 5.87. The number of carbonyl (C=O) groups excluding carboxylic acids is 1. The number of nitriles is 1. The summed E-state index contributed by atoms with van der Waals surface area (Å²) in [6.07, 6.45) is 4.90. The van der Waals surface area contributed by atoms with Crippen molar-refractivity contribution in [3.05, 3.63) is 41.7 Å². The van der Waals surface area contributed by atoms with E-state index < -0.39 is 17.4 Å². The fraction of sp³-hybridized carbons (Fsp3) is 0.389. The minimum Gasteiger partial charge on any atom is -0.490 e. The maximum absolute atomic E-state index is 15.5. The molecule has 8 nitrogen and oxygen atoms in total. The highest BCUT2D eigenvalue weighted by Crippen LogP contribution is 2.32. The predicted molar refractivity (Wildman–Crippen MR) is 92.5 cm³/mol. The Morgan fingerprint density at radius 1 is 1.25 bits per heavy atom. The molecule has 0 aromatic carbocycles. The Balaban J connectivity index is 1.52. The molecule has 1 fully saturated rings. The number of halogens is 2. The first-order valence-corrected chi connectivity index (χ1v) is 8.71. The topological polar surface area (TPSA) is 95.2 Å². The zero-order chi connectivity index (χ0) is 19.7. The number of pyridine rings is 1. The lowest BCUT2D eigenvalue weighted by molar-refractivity contribution is -0.143. The molecule has 1 atom stereocenters. The van der Waals surface area contributed by atoms with E-state index in [1.54, 1.807) is 0 Å². The largest absolute Gasteiger partial charge is 0.490 e. The maximum Gasteiger partial charge on any atom is 0.262 e. The van der Waals surface area contributed by atoms with Gasteiger partial charge in [0.05, 0.1) is 32.0 Å². The van der Waals surface area contributed by atoms with Gasteiger partial charge in [-0.15, -0.1) is 0 Å². The van der Waals surface area contributed by atoms with Gasteiger partial charge in [-0.2, -0.15) is 5.26 Å². The van der Waals surface area contributed by atoms with E-state index in [1.165, 1.54) is 22.2 Å². The Kier molecular flexibility index (Phi) is 4.50. The van der Waals surface area contributed by atoms with Gasteiger partial charge in [-0.1, -0.05) is 0 Å². The van der Waals surface area contributed by atoms with E-state index in [0.29, 0.717) is 11.3 Å². The van der Waals surface area contributed by atoms with Crippen molar-refractivity contribution in [2.45, 2.75) is 18.6 Å². The summed E-state index contributed by atoms with van der Waals surface area (Å²) in [5.41, 5.74) is -1.27. The summed E-state index contributed by atoms with van der Waals surface area (Å²) in [6.45, 7) is 0.484. The van der Waals surface area contributed by atoms with Gasteiger partial charge in [-0.3, -0.25) is 9.78 Å². The number of ether oxygens (including phenoxy) is 1. The lowest BCUT2D eigenvalue weighted by Gasteiger charge is -2.27. The SMILES string of the molecule is N#Cc1cncc2c1OCCN(C(=O)C1(F)CCN(c3ncc(F)cn3)C1)C2. The van der Waals surface area contributed by atoms with Crippen LogP contribution in [0.15, 0.2) is 24.8 Å². The average molecular weight is 386 g/mol. The second kappa shape index (κ2) is 6.99. The highest BCUT2D eigenvalue weighted by atomic mass is 19.1. The molecule has 144 valence electrons. The first-order chi connectivity index (χ1) is 13.5. The van der Waals surface area contributed by atoms with Crippen molar-refractivity contribution in [2.75, 3.05) is 31.1 Å². The lowest BCUT2D eigenvalue weighted by atomic mass is 10.0. The van der Waals surface area contributed by atoms with Crippen LogP contribution in [0, 0.1) is 17.1 Å². The molecule has 0 saturated carbocycles. The number of rotatable bonds is 2. The number of carbonyl (C=O) groups is 1. The lowest BCUT2D eigenvalue weighted by Crippen LogP contribution is -2.48. The van der Waals surface area contributed by atoms with Crippen LogP contribution in [-0.4, -0.2) is 57.7 Å². The molecule has 2 aliphatic rings. The summed E-state index contributed by atoms with van der Waals surface area (Å²) >= 11 is 0. The van der Waals surface area contributed by atoms with Crippen LogP contribution in [0.4, 0.5) is 14.7 Å². The molecule has 2 aromatic rings. The molecule has 1 unspecified atom stereocenters. The van der Waals surface area contributed by atoms with Gasteiger partial charge in [0.1, 0.15) is 24.0 Å². The van der Waals surface area contributed by atoms with Gasteiger partial charge in [0.2, 0.25) is 11.6 Å². The van der Waals surface area contributed by atoms with Gasteiger partial charge < -0.3 is 14.5 Å². The Bertz CT molecular complexity index is 948. The van der Waals surface area contributed by atoms with Crippen molar-refractivity contribution in [1.82, 2.24) is 19.9 Å². The van der Waals surface area contributed by atoms with Crippen molar-refractivity contribution in [1.29, 1.82) is 5.26 Å². The second-order valence-electron chi connectivity index (χ2n) is 6.70. The molecule has 0 aliphatic carbocycles. The fourth-order valence-electron chi connectivity index (χ4n) is 3.44. The zero-order valence-corrected chi connectivity index (χ0v) is 14.8. The zero-order valence-electron chi connectivity index (χ0n) is 14.8. The van der Waals surface area contributed by atoms with E-state index >= 15 is 4.39 Å². The van der Waals surface area contributed by atoms with Crippen LogP contribution in [-0.2, 0) is 11.3 Å². The monoisotopic (exact) mass is 386 g/mol. The molecule has 2 aromatic heterocycles. The number of anilines is 1. The minimum absolute atomic E-state index is 0.0206. The Labute approximate surface area is 159 Å². The molecule has 1 saturated heterocycles. The van der Waals surface area contributed by atoms with E-state index in [2.05, 4.69) is 15.0 Å². The molecule has 0 N–H and O–H groups in total. The van der Waals surface area contributed by atoms with Gasteiger partial charge in [-0.05, 0) is 0 Å². The normalized spacial score (nSPS) is 21.5. The van der Waals surface area contributed by atoms with Crippen LogP contribution in [0.1, 0.15) is 17.5 Å². The van der Waals surface area contributed by atoms with Gasteiger partial charge in [0, 0.05) is 30.9 Å². The van der Waals surface area contributed by atoms with Crippen LogP contribution < -0.4 is 9.64 Å². The van der Waals surface area contributed by atoms with Gasteiger partial charge >= 0.3 is 0 Å². The minimum atomic E-state index is -2.11. The molecule has 4 heterocycles. The number of hydrogen-bond donors (Lipinski definition) is 0. The Morgan fingerprint density at radius 2 is 2.04 bits per heavy atom.